The van der Waals surface area contributed by atoms with Gasteiger partial charge in [-0.2, -0.15) is 0 Å². The van der Waals surface area contributed by atoms with E-state index in [-0.39, 0.29) is 5.91 Å². The third kappa shape index (κ3) is 4.85. The number of pyridine rings is 1. The highest BCUT2D eigenvalue weighted by Gasteiger charge is 2.09. The number of aromatic nitrogens is 1. The normalized spacial score (nSPS) is 10.3. The van der Waals surface area contributed by atoms with E-state index in [0.29, 0.717) is 12.2 Å². The maximum absolute atomic E-state index is 12.6. The molecule has 0 radical (unpaired) electrons. The summed E-state index contributed by atoms with van der Waals surface area (Å²) in [6.07, 6.45) is 3.25. The zero-order valence-corrected chi connectivity index (χ0v) is 15.7. The summed E-state index contributed by atoms with van der Waals surface area (Å²) >= 11 is 0. The number of anilines is 3. The second-order valence-corrected chi connectivity index (χ2v) is 6.32. The Morgan fingerprint density at radius 1 is 1.00 bits per heavy atom. The van der Waals surface area contributed by atoms with Gasteiger partial charge >= 0.3 is 0 Å². The molecule has 0 aliphatic carbocycles. The zero-order chi connectivity index (χ0) is 19.2. The number of carbonyl (C=O) groups excluding carboxylic acids is 1. The molecule has 27 heavy (non-hydrogen) atoms. The third-order valence-corrected chi connectivity index (χ3v) is 4.10. The lowest BCUT2D eigenvalue weighted by Crippen LogP contribution is -2.13. The summed E-state index contributed by atoms with van der Waals surface area (Å²) in [6, 6.07) is 15.4. The lowest BCUT2D eigenvalue weighted by atomic mass is 10.1. The Bertz CT molecular complexity index is 937. The fraction of sp³-hybridized carbons (Fsp3) is 0.182. The smallest absolute Gasteiger partial charge is 0.257 e. The SMILES string of the molecule is CCOc1ccc(Nc2cncc(C(=O)Nc3cc(C)ccc3C)c2)cc1. The molecule has 2 aromatic carbocycles. The number of carbonyl (C=O) groups is 1. The maximum atomic E-state index is 12.6. The summed E-state index contributed by atoms with van der Waals surface area (Å²) in [5.41, 5.74) is 5.06. The first kappa shape index (κ1) is 18.5. The van der Waals surface area contributed by atoms with E-state index < -0.39 is 0 Å². The minimum absolute atomic E-state index is 0.188. The lowest BCUT2D eigenvalue weighted by molar-refractivity contribution is 0.102. The van der Waals surface area contributed by atoms with Crippen LogP contribution in [0.2, 0.25) is 0 Å². The van der Waals surface area contributed by atoms with Crippen molar-refractivity contribution < 1.29 is 9.53 Å². The van der Waals surface area contributed by atoms with Gasteiger partial charge in [0.05, 0.1) is 24.1 Å². The molecule has 0 fully saturated rings. The van der Waals surface area contributed by atoms with Gasteiger partial charge in [0, 0.05) is 17.6 Å². The minimum Gasteiger partial charge on any atom is -0.494 e. The van der Waals surface area contributed by atoms with Crippen LogP contribution in [-0.2, 0) is 0 Å². The molecule has 0 spiro atoms. The maximum Gasteiger partial charge on any atom is 0.257 e. The molecule has 0 atom stereocenters. The van der Waals surface area contributed by atoms with E-state index in [1.54, 1.807) is 18.5 Å². The largest absolute Gasteiger partial charge is 0.494 e. The quantitative estimate of drug-likeness (QED) is 0.642. The van der Waals surface area contributed by atoms with Crippen LogP contribution in [0.5, 0.6) is 5.75 Å². The number of amides is 1. The number of nitrogens with zero attached hydrogens (tertiary/aromatic N) is 1. The predicted octanol–water partition coefficient (Wildman–Crippen LogP) is 5.09. The van der Waals surface area contributed by atoms with Gasteiger partial charge in [0.2, 0.25) is 0 Å². The molecule has 1 amide bonds. The zero-order valence-electron chi connectivity index (χ0n) is 15.7. The predicted molar refractivity (Wildman–Crippen MR) is 109 cm³/mol. The Morgan fingerprint density at radius 3 is 2.52 bits per heavy atom. The van der Waals surface area contributed by atoms with Crippen molar-refractivity contribution in [2.45, 2.75) is 20.8 Å². The van der Waals surface area contributed by atoms with E-state index in [4.69, 9.17) is 4.74 Å². The van der Waals surface area contributed by atoms with Crippen LogP contribution in [0.15, 0.2) is 60.9 Å². The van der Waals surface area contributed by atoms with E-state index in [9.17, 15) is 4.79 Å². The number of hydrogen-bond acceptors (Lipinski definition) is 4. The fourth-order valence-electron chi connectivity index (χ4n) is 2.67. The number of rotatable bonds is 6. The molecule has 2 N–H and O–H groups in total. The van der Waals surface area contributed by atoms with Gasteiger partial charge in [-0.1, -0.05) is 12.1 Å². The highest BCUT2D eigenvalue weighted by Crippen LogP contribution is 2.21. The Kier molecular flexibility index (Phi) is 5.71. The van der Waals surface area contributed by atoms with Crippen LogP contribution in [0, 0.1) is 13.8 Å². The number of benzene rings is 2. The molecule has 0 aliphatic heterocycles. The van der Waals surface area contributed by atoms with Crippen LogP contribution in [0.1, 0.15) is 28.4 Å². The topological polar surface area (TPSA) is 63.2 Å². The van der Waals surface area contributed by atoms with Crippen molar-refractivity contribution in [1.29, 1.82) is 0 Å². The van der Waals surface area contributed by atoms with E-state index >= 15 is 0 Å². The standard InChI is InChI=1S/C22H23N3O2/c1-4-27-20-9-7-18(8-10-20)24-19-12-17(13-23-14-19)22(26)25-21-11-15(2)5-6-16(21)3/h5-14,24H,4H2,1-3H3,(H,25,26). The summed E-state index contributed by atoms with van der Waals surface area (Å²) < 4.78 is 5.44. The fourth-order valence-corrected chi connectivity index (χ4v) is 2.67. The molecule has 1 aromatic heterocycles. The summed E-state index contributed by atoms with van der Waals surface area (Å²) in [7, 11) is 0. The molecule has 0 bridgehead atoms. The van der Waals surface area contributed by atoms with Crippen molar-refractivity contribution >= 4 is 23.0 Å². The molecule has 3 aromatic rings. The van der Waals surface area contributed by atoms with Gasteiger partial charge in [-0.15, -0.1) is 0 Å². The second-order valence-electron chi connectivity index (χ2n) is 6.32. The molecular weight excluding hydrogens is 338 g/mol. The molecule has 0 unspecified atom stereocenters. The van der Waals surface area contributed by atoms with Gasteiger partial charge in [0.1, 0.15) is 5.75 Å². The summed E-state index contributed by atoms with van der Waals surface area (Å²) in [5, 5.41) is 6.21. The van der Waals surface area contributed by atoms with E-state index in [0.717, 1.165) is 33.9 Å². The Balaban J connectivity index is 1.72. The van der Waals surface area contributed by atoms with Gasteiger partial charge in [0.15, 0.2) is 0 Å². The molecular formula is C22H23N3O2. The van der Waals surface area contributed by atoms with Crippen molar-refractivity contribution in [3.63, 3.8) is 0 Å². The molecule has 1 heterocycles. The number of ether oxygens (including phenoxy) is 1. The van der Waals surface area contributed by atoms with Gasteiger partial charge < -0.3 is 15.4 Å². The Hall–Kier alpha value is -3.34. The average molecular weight is 361 g/mol. The average Bonchev–Trinajstić information content (AvgIpc) is 2.67. The van der Waals surface area contributed by atoms with Crippen molar-refractivity contribution in [1.82, 2.24) is 4.98 Å². The first-order chi connectivity index (χ1) is 13.0. The molecule has 0 saturated heterocycles. The van der Waals surface area contributed by atoms with Gasteiger partial charge in [0.25, 0.3) is 5.91 Å². The Labute approximate surface area is 159 Å². The summed E-state index contributed by atoms with van der Waals surface area (Å²) in [5.74, 6) is 0.634. The lowest BCUT2D eigenvalue weighted by Gasteiger charge is -2.11. The molecule has 3 rings (SSSR count). The molecule has 5 nitrogen and oxygen atoms in total. The third-order valence-electron chi connectivity index (χ3n) is 4.10. The summed E-state index contributed by atoms with van der Waals surface area (Å²) in [6.45, 7) is 6.55. The van der Waals surface area contributed by atoms with Crippen molar-refractivity contribution in [2.24, 2.45) is 0 Å². The minimum atomic E-state index is -0.188. The van der Waals surface area contributed by atoms with Crippen molar-refractivity contribution in [3.05, 3.63) is 77.6 Å². The first-order valence-electron chi connectivity index (χ1n) is 8.88. The monoisotopic (exact) mass is 361 g/mol. The van der Waals surface area contributed by atoms with Gasteiger partial charge in [-0.3, -0.25) is 9.78 Å². The van der Waals surface area contributed by atoms with E-state index in [1.165, 1.54) is 0 Å². The van der Waals surface area contributed by atoms with Crippen LogP contribution < -0.4 is 15.4 Å². The van der Waals surface area contributed by atoms with Crippen LogP contribution in [0.4, 0.5) is 17.1 Å². The second kappa shape index (κ2) is 8.36. The van der Waals surface area contributed by atoms with E-state index in [1.807, 2.05) is 63.2 Å². The van der Waals surface area contributed by atoms with Crippen molar-refractivity contribution in [3.8, 4) is 5.75 Å². The van der Waals surface area contributed by atoms with Gasteiger partial charge in [-0.05, 0) is 68.3 Å². The summed E-state index contributed by atoms with van der Waals surface area (Å²) in [4.78, 5) is 16.8. The number of nitrogens with one attached hydrogen (secondary N) is 2. The highest BCUT2D eigenvalue weighted by molar-refractivity contribution is 6.05. The molecule has 0 saturated carbocycles. The Morgan fingerprint density at radius 2 is 1.78 bits per heavy atom. The van der Waals surface area contributed by atoms with E-state index in [2.05, 4.69) is 15.6 Å². The van der Waals surface area contributed by atoms with Crippen molar-refractivity contribution in [2.75, 3.05) is 17.2 Å². The van der Waals surface area contributed by atoms with Crippen LogP contribution in [0.25, 0.3) is 0 Å². The van der Waals surface area contributed by atoms with Crippen LogP contribution >= 0.6 is 0 Å². The number of aryl methyl sites for hydroxylation is 2. The highest BCUT2D eigenvalue weighted by atomic mass is 16.5. The first-order valence-corrected chi connectivity index (χ1v) is 8.88. The van der Waals surface area contributed by atoms with Crippen LogP contribution in [-0.4, -0.2) is 17.5 Å². The van der Waals surface area contributed by atoms with Gasteiger partial charge in [-0.25, -0.2) is 0 Å². The number of hydrogen-bond donors (Lipinski definition) is 2. The molecule has 5 heteroatoms. The van der Waals surface area contributed by atoms with Crippen LogP contribution in [0.3, 0.4) is 0 Å². The molecule has 138 valence electrons. The molecule has 0 aliphatic rings.